The van der Waals surface area contributed by atoms with Gasteiger partial charge in [-0.1, -0.05) is 6.07 Å². The van der Waals surface area contributed by atoms with Gasteiger partial charge >= 0.3 is 0 Å². The second-order valence-corrected chi connectivity index (χ2v) is 8.77. The number of pyridine rings is 1. The Kier molecular flexibility index (Phi) is 4.61. The maximum absolute atomic E-state index is 13.4. The van der Waals surface area contributed by atoms with Crippen LogP contribution in [0.5, 0.6) is 0 Å². The summed E-state index contributed by atoms with van der Waals surface area (Å²) in [5.74, 6) is -2.02. The van der Waals surface area contributed by atoms with Gasteiger partial charge in [0.05, 0.1) is 10.9 Å². The summed E-state index contributed by atoms with van der Waals surface area (Å²) in [6, 6.07) is 7.17. The summed E-state index contributed by atoms with van der Waals surface area (Å²) in [7, 11) is -4.03. The fourth-order valence-electron chi connectivity index (χ4n) is 4.09. The second kappa shape index (κ2) is 6.81. The van der Waals surface area contributed by atoms with E-state index in [9.17, 15) is 22.0 Å². The van der Waals surface area contributed by atoms with Gasteiger partial charge in [-0.05, 0) is 36.6 Å². The SMILES string of the molecule is O=c1cccc2n1[C@@H](CNS(=O)(=O)c1ccc(F)c(F)c1)[C@@H]1CNC[C@H]2C1. The lowest BCUT2D eigenvalue weighted by Crippen LogP contribution is -2.50. The highest BCUT2D eigenvalue weighted by Crippen LogP contribution is 2.38. The van der Waals surface area contributed by atoms with Gasteiger partial charge in [-0.3, -0.25) is 4.79 Å². The highest BCUT2D eigenvalue weighted by atomic mass is 32.2. The molecule has 2 aromatic rings. The Morgan fingerprint density at radius 3 is 2.74 bits per heavy atom. The van der Waals surface area contributed by atoms with Crippen molar-refractivity contribution in [2.24, 2.45) is 5.92 Å². The lowest BCUT2D eigenvalue weighted by molar-refractivity contribution is 0.196. The molecule has 1 aromatic heterocycles. The number of benzene rings is 1. The summed E-state index contributed by atoms with van der Waals surface area (Å²) >= 11 is 0. The van der Waals surface area contributed by atoms with Crippen molar-refractivity contribution in [1.29, 1.82) is 0 Å². The summed E-state index contributed by atoms with van der Waals surface area (Å²) in [5, 5.41) is 3.34. The van der Waals surface area contributed by atoms with Crippen LogP contribution in [-0.4, -0.2) is 32.6 Å². The van der Waals surface area contributed by atoms with E-state index in [4.69, 9.17) is 0 Å². The molecule has 3 atom stereocenters. The first-order chi connectivity index (χ1) is 12.9. The summed E-state index contributed by atoms with van der Waals surface area (Å²) in [6.07, 6.45) is 0.869. The van der Waals surface area contributed by atoms with Gasteiger partial charge in [0, 0.05) is 37.3 Å². The third kappa shape index (κ3) is 3.30. The standard InChI is InChI=1S/C18H19F2N3O3S/c19-14-5-4-13(7-15(14)20)27(25,26)22-10-17-12-6-11(8-21-9-12)16-2-1-3-18(24)23(16)17/h1-5,7,11-12,17,21-22H,6,8-10H2/t11-,12+,17+/m1/s1. The van der Waals surface area contributed by atoms with Crippen LogP contribution in [0.1, 0.15) is 24.1 Å². The number of rotatable bonds is 4. The van der Waals surface area contributed by atoms with E-state index in [1.807, 2.05) is 6.07 Å². The highest BCUT2D eigenvalue weighted by Gasteiger charge is 2.38. The number of aromatic nitrogens is 1. The van der Waals surface area contributed by atoms with Crippen LogP contribution in [0.2, 0.25) is 0 Å². The monoisotopic (exact) mass is 395 g/mol. The van der Waals surface area contributed by atoms with Crippen LogP contribution < -0.4 is 15.6 Å². The zero-order valence-electron chi connectivity index (χ0n) is 14.4. The van der Waals surface area contributed by atoms with Crippen molar-refractivity contribution in [2.75, 3.05) is 19.6 Å². The van der Waals surface area contributed by atoms with Gasteiger partial charge in [0.1, 0.15) is 0 Å². The van der Waals surface area contributed by atoms with Gasteiger partial charge in [0.25, 0.3) is 5.56 Å². The van der Waals surface area contributed by atoms with E-state index < -0.39 is 21.7 Å². The molecule has 2 aliphatic heterocycles. The third-order valence-corrected chi connectivity index (χ3v) is 6.81. The smallest absolute Gasteiger partial charge is 0.251 e. The first-order valence-corrected chi connectivity index (χ1v) is 10.2. The van der Waals surface area contributed by atoms with Crippen LogP contribution >= 0.6 is 0 Å². The Bertz CT molecular complexity index is 1040. The molecule has 0 amide bonds. The zero-order chi connectivity index (χ0) is 19.2. The Morgan fingerprint density at radius 1 is 1.15 bits per heavy atom. The minimum absolute atomic E-state index is 0.00266. The molecule has 9 heteroatoms. The molecule has 2 aliphatic rings. The highest BCUT2D eigenvalue weighted by molar-refractivity contribution is 7.89. The Balaban J connectivity index is 1.63. The molecule has 3 heterocycles. The Hall–Kier alpha value is -2.10. The summed E-state index contributed by atoms with van der Waals surface area (Å²) < 4.78 is 55.6. The minimum Gasteiger partial charge on any atom is -0.316 e. The number of nitrogens with zero attached hydrogens (tertiary/aromatic N) is 1. The van der Waals surface area contributed by atoms with E-state index in [1.54, 1.807) is 10.6 Å². The molecule has 1 fully saturated rings. The molecule has 0 spiro atoms. The third-order valence-electron chi connectivity index (χ3n) is 5.38. The predicted molar refractivity (Wildman–Crippen MR) is 95.0 cm³/mol. The van der Waals surface area contributed by atoms with Crippen molar-refractivity contribution < 1.29 is 17.2 Å². The average molecular weight is 395 g/mol. The summed E-state index contributed by atoms with van der Waals surface area (Å²) in [6.45, 7) is 1.47. The molecule has 0 radical (unpaired) electrons. The molecule has 2 bridgehead atoms. The average Bonchev–Trinajstić information content (AvgIpc) is 2.64. The first-order valence-electron chi connectivity index (χ1n) is 8.74. The number of piperidine rings is 1. The van der Waals surface area contributed by atoms with Gasteiger partial charge in [0.15, 0.2) is 11.6 Å². The molecule has 0 unspecified atom stereocenters. The molecule has 4 rings (SSSR count). The fraction of sp³-hybridized carbons (Fsp3) is 0.389. The van der Waals surface area contributed by atoms with Gasteiger partial charge in [-0.2, -0.15) is 0 Å². The lowest BCUT2D eigenvalue weighted by atomic mass is 9.79. The first kappa shape index (κ1) is 18.3. The molecule has 1 saturated heterocycles. The molecular formula is C18H19F2N3O3S. The number of halogens is 2. The predicted octanol–water partition coefficient (Wildman–Crippen LogP) is 1.35. The zero-order valence-corrected chi connectivity index (χ0v) is 15.2. The molecule has 27 heavy (non-hydrogen) atoms. The Labute approximate surface area is 155 Å². The molecule has 1 aromatic carbocycles. The van der Waals surface area contributed by atoms with Crippen molar-refractivity contribution in [3.8, 4) is 0 Å². The van der Waals surface area contributed by atoms with Crippen molar-refractivity contribution in [3.05, 3.63) is 64.1 Å². The van der Waals surface area contributed by atoms with E-state index in [2.05, 4.69) is 10.0 Å². The largest absolute Gasteiger partial charge is 0.316 e. The van der Waals surface area contributed by atoms with E-state index >= 15 is 0 Å². The minimum atomic E-state index is -4.03. The molecule has 0 saturated carbocycles. The molecule has 144 valence electrons. The van der Waals surface area contributed by atoms with Crippen molar-refractivity contribution >= 4 is 10.0 Å². The van der Waals surface area contributed by atoms with Crippen molar-refractivity contribution in [1.82, 2.24) is 14.6 Å². The van der Waals surface area contributed by atoms with Gasteiger partial charge < -0.3 is 9.88 Å². The maximum Gasteiger partial charge on any atom is 0.251 e. The summed E-state index contributed by atoms with van der Waals surface area (Å²) in [5.41, 5.74) is 0.726. The van der Waals surface area contributed by atoms with Gasteiger partial charge in [-0.15, -0.1) is 0 Å². The normalized spacial score (nSPS) is 24.4. The van der Waals surface area contributed by atoms with E-state index in [1.165, 1.54) is 6.07 Å². The molecule has 2 N–H and O–H groups in total. The van der Waals surface area contributed by atoms with Crippen LogP contribution in [0.15, 0.2) is 46.1 Å². The second-order valence-electron chi connectivity index (χ2n) is 7.01. The fourth-order valence-corrected chi connectivity index (χ4v) is 5.15. The van der Waals surface area contributed by atoms with Crippen molar-refractivity contribution in [2.45, 2.75) is 23.3 Å². The summed E-state index contributed by atoms with van der Waals surface area (Å²) in [4.78, 5) is 12.1. The number of hydrogen-bond acceptors (Lipinski definition) is 4. The van der Waals surface area contributed by atoms with Crippen LogP contribution in [-0.2, 0) is 10.0 Å². The van der Waals surface area contributed by atoms with Gasteiger partial charge in [0.2, 0.25) is 10.0 Å². The Morgan fingerprint density at radius 2 is 1.96 bits per heavy atom. The van der Waals surface area contributed by atoms with E-state index in [0.29, 0.717) is 12.6 Å². The van der Waals surface area contributed by atoms with Crippen LogP contribution in [0.3, 0.4) is 0 Å². The van der Waals surface area contributed by atoms with Crippen LogP contribution in [0, 0.1) is 17.6 Å². The van der Waals surface area contributed by atoms with Crippen molar-refractivity contribution in [3.63, 3.8) is 0 Å². The number of sulfonamides is 1. The van der Waals surface area contributed by atoms with Crippen LogP contribution in [0.25, 0.3) is 0 Å². The number of nitrogens with one attached hydrogen (secondary N) is 2. The number of hydrogen-bond donors (Lipinski definition) is 2. The van der Waals surface area contributed by atoms with Gasteiger partial charge in [-0.25, -0.2) is 21.9 Å². The van der Waals surface area contributed by atoms with E-state index in [-0.39, 0.29) is 34.9 Å². The lowest BCUT2D eigenvalue weighted by Gasteiger charge is -2.43. The van der Waals surface area contributed by atoms with E-state index in [0.717, 1.165) is 30.8 Å². The molecule has 6 nitrogen and oxygen atoms in total. The topological polar surface area (TPSA) is 80.2 Å². The molecular weight excluding hydrogens is 376 g/mol. The van der Waals surface area contributed by atoms with Crippen LogP contribution in [0.4, 0.5) is 8.78 Å². The maximum atomic E-state index is 13.4. The molecule has 0 aliphatic carbocycles. The number of fused-ring (bicyclic) bond motifs is 4. The quantitative estimate of drug-likeness (QED) is 0.819.